The predicted molar refractivity (Wildman–Crippen MR) is 63.5 cm³/mol. The van der Waals surface area contributed by atoms with E-state index in [1.165, 1.54) is 31.0 Å². The number of hydrogen-bond acceptors (Lipinski definition) is 4. The standard InChI is InChI=1S/C12H17NO2S/c1-9-7-15-12(13-9)16-8-11(14)10-5-3-2-4-6-10/h7,10H,2-6,8H2,1H3. The fourth-order valence-corrected chi connectivity index (χ4v) is 2.90. The highest BCUT2D eigenvalue weighted by Gasteiger charge is 2.21. The van der Waals surface area contributed by atoms with Gasteiger partial charge in [-0.25, -0.2) is 4.98 Å². The van der Waals surface area contributed by atoms with E-state index in [4.69, 9.17) is 4.42 Å². The molecule has 0 saturated heterocycles. The van der Waals surface area contributed by atoms with Crippen molar-refractivity contribution in [2.24, 2.45) is 5.92 Å². The fourth-order valence-electron chi connectivity index (χ4n) is 2.07. The van der Waals surface area contributed by atoms with Gasteiger partial charge in [0.25, 0.3) is 5.22 Å². The second kappa shape index (κ2) is 5.53. The first-order chi connectivity index (χ1) is 7.75. The minimum absolute atomic E-state index is 0.289. The largest absolute Gasteiger partial charge is 0.440 e. The lowest BCUT2D eigenvalue weighted by atomic mass is 9.87. The van der Waals surface area contributed by atoms with Crippen LogP contribution in [0.5, 0.6) is 0 Å². The van der Waals surface area contributed by atoms with E-state index in [0.717, 1.165) is 18.5 Å². The van der Waals surface area contributed by atoms with Crippen LogP contribution in [0.1, 0.15) is 37.8 Å². The van der Waals surface area contributed by atoms with Gasteiger partial charge in [0.15, 0.2) is 0 Å². The molecule has 2 rings (SSSR count). The van der Waals surface area contributed by atoms with E-state index in [1.54, 1.807) is 6.26 Å². The van der Waals surface area contributed by atoms with Crippen LogP contribution < -0.4 is 0 Å². The van der Waals surface area contributed by atoms with Gasteiger partial charge in [0.2, 0.25) is 0 Å². The fraction of sp³-hybridized carbons (Fsp3) is 0.667. The molecule has 88 valence electrons. The summed E-state index contributed by atoms with van der Waals surface area (Å²) in [7, 11) is 0. The summed E-state index contributed by atoms with van der Waals surface area (Å²) in [5, 5.41) is 0.613. The van der Waals surface area contributed by atoms with Gasteiger partial charge in [-0.05, 0) is 19.8 Å². The molecule has 0 bridgehead atoms. The van der Waals surface area contributed by atoms with E-state index in [9.17, 15) is 4.79 Å². The van der Waals surface area contributed by atoms with Crippen LogP contribution in [-0.2, 0) is 4.79 Å². The van der Waals surface area contributed by atoms with E-state index in [0.29, 0.717) is 16.8 Å². The van der Waals surface area contributed by atoms with Crippen LogP contribution in [0.15, 0.2) is 15.9 Å². The van der Waals surface area contributed by atoms with E-state index in [1.807, 2.05) is 6.92 Å². The Kier molecular flexibility index (Phi) is 4.04. The minimum Gasteiger partial charge on any atom is -0.440 e. The van der Waals surface area contributed by atoms with Gasteiger partial charge in [-0.15, -0.1) is 0 Å². The summed E-state index contributed by atoms with van der Waals surface area (Å²) in [6.07, 6.45) is 7.47. The molecule has 0 spiro atoms. The molecule has 16 heavy (non-hydrogen) atoms. The van der Waals surface area contributed by atoms with Crippen LogP contribution in [0.4, 0.5) is 0 Å². The number of hydrogen-bond donors (Lipinski definition) is 0. The molecule has 0 aliphatic heterocycles. The minimum atomic E-state index is 0.289. The average Bonchev–Trinajstić information content (AvgIpc) is 2.73. The lowest BCUT2D eigenvalue weighted by Gasteiger charge is -2.19. The van der Waals surface area contributed by atoms with Crippen LogP contribution in [0.2, 0.25) is 0 Å². The molecule has 1 heterocycles. The van der Waals surface area contributed by atoms with Crippen LogP contribution in [-0.4, -0.2) is 16.5 Å². The maximum Gasteiger partial charge on any atom is 0.256 e. The van der Waals surface area contributed by atoms with Gasteiger partial charge in [0, 0.05) is 5.92 Å². The van der Waals surface area contributed by atoms with E-state index in [-0.39, 0.29) is 5.92 Å². The van der Waals surface area contributed by atoms with Crippen molar-refractivity contribution in [2.75, 3.05) is 5.75 Å². The van der Waals surface area contributed by atoms with Crippen molar-refractivity contribution in [1.29, 1.82) is 0 Å². The predicted octanol–water partition coefficient (Wildman–Crippen LogP) is 3.22. The highest BCUT2D eigenvalue weighted by atomic mass is 32.2. The summed E-state index contributed by atoms with van der Waals surface area (Å²) >= 11 is 1.42. The van der Waals surface area contributed by atoms with Crippen molar-refractivity contribution in [3.05, 3.63) is 12.0 Å². The molecule has 1 fully saturated rings. The molecule has 1 aliphatic rings. The molecule has 3 nitrogen and oxygen atoms in total. The summed E-state index contributed by atoms with van der Waals surface area (Å²) in [4.78, 5) is 16.1. The number of ketones is 1. The van der Waals surface area contributed by atoms with Crippen molar-refractivity contribution in [3.8, 4) is 0 Å². The molecule has 1 aromatic heterocycles. The summed E-state index contributed by atoms with van der Waals surface area (Å²) in [5.74, 6) is 1.16. The van der Waals surface area contributed by atoms with Crippen molar-refractivity contribution >= 4 is 17.5 Å². The first-order valence-corrected chi connectivity index (χ1v) is 6.82. The highest BCUT2D eigenvalue weighted by molar-refractivity contribution is 7.99. The third kappa shape index (κ3) is 3.11. The molecule has 1 aliphatic carbocycles. The Balaban J connectivity index is 1.78. The number of oxazole rings is 1. The number of carbonyl (C=O) groups excluding carboxylic acids is 1. The van der Waals surface area contributed by atoms with Gasteiger partial charge in [0.1, 0.15) is 12.0 Å². The zero-order valence-electron chi connectivity index (χ0n) is 9.57. The Morgan fingerprint density at radius 2 is 2.25 bits per heavy atom. The Labute approximate surface area is 100 Å². The second-order valence-electron chi connectivity index (χ2n) is 4.34. The lowest BCUT2D eigenvalue weighted by Crippen LogP contribution is -2.19. The van der Waals surface area contributed by atoms with E-state index in [2.05, 4.69) is 4.98 Å². The average molecular weight is 239 g/mol. The Hall–Kier alpha value is -0.770. The van der Waals surface area contributed by atoms with Gasteiger partial charge in [-0.2, -0.15) is 0 Å². The van der Waals surface area contributed by atoms with Crippen LogP contribution in [0, 0.1) is 12.8 Å². The first-order valence-electron chi connectivity index (χ1n) is 5.83. The van der Waals surface area contributed by atoms with Gasteiger partial charge in [-0.1, -0.05) is 31.0 Å². The maximum absolute atomic E-state index is 11.9. The van der Waals surface area contributed by atoms with E-state index >= 15 is 0 Å². The first kappa shape index (κ1) is 11.7. The highest BCUT2D eigenvalue weighted by Crippen LogP contribution is 2.26. The topological polar surface area (TPSA) is 43.1 Å². The monoisotopic (exact) mass is 239 g/mol. The zero-order valence-corrected chi connectivity index (χ0v) is 10.4. The molecule has 0 atom stereocenters. The molecular formula is C12H17NO2S. The SMILES string of the molecule is Cc1coc(SCC(=O)C2CCCCC2)n1. The van der Waals surface area contributed by atoms with Crippen LogP contribution in [0.3, 0.4) is 0 Å². The third-order valence-corrected chi connectivity index (χ3v) is 3.86. The smallest absolute Gasteiger partial charge is 0.256 e. The Bertz CT molecular complexity index is 356. The number of aromatic nitrogens is 1. The van der Waals surface area contributed by atoms with E-state index < -0.39 is 0 Å². The zero-order chi connectivity index (χ0) is 11.4. The van der Waals surface area contributed by atoms with Crippen LogP contribution >= 0.6 is 11.8 Å². The quantitative estimate of drug-likeness (QED) is 0.757. The summed E-state index contributed by atoms with van der Waals surface area (Å²) in [6.45, 7) is 1.89. The second-order valence-corrected chi connectivity index (χ2v) is 5.27. The molecule has 1 saturated carbocycles. The van der Waals surface area contributed by atoms with Crippen molar-refractivity contribution < 1.29 is 9.21 Å². The Morgan fingerprint density at radius 3 is 2.88 bits per heavy atom. The van der Waals surface area contributed by atoms with Crippen LogP contribution in [0.25, 0.3) is 0 Å². The number of carbonyl (C=O) groups is 1. The summed E-state index contributed by atoms with van der Waals surface area (Å²) in [6, 6.07) is 0. The lowest BCUT2D eigenvalue weighted by molar-refractivity contribution is -0.121. The number of nitrogens with zero attached hydrogens (tertiary/aromatic N) is 1. The third-order valence-electron chi connectivity index (χ3n) is 3.00. The molecule has 0 N–H and O–H groups in total. The van der Waals surface area contributed by atoms with Gasteiger partial charge < -0.3 is 4.42 Å². The molecule has 0 amide bonds. The molecule has 0 unspecified atom stereocenters. The van der Waals surface area contributed by atoms with Crippen molar-refractivity contribution in [2.45, 2.75) is 44.3 Å². The molecule has 0 aromatic carbocycles. The van der Waals surface area contributed by atoms with Gasteiger partial charge in [0.05, 0.1) is 11.4 Å². The number of aryl methyl sites for hydroxylation is 1. The molecule has 0 radical (unpaired) electrons. The molecule has 1 aromatic rings. The summed E-state index contributed by atoms with van der Waals surface area (Å²) < 4.78 is 5.20. The number of Topliss-reactive ketones (excluding diaryl/α,β-unsaturated/α-hetero) is 1. The number of thioether (sulfide) groups is 1. The van der Waals surface area contributed by atoms with Gasteiger partial charge >= 0.3 is 0 Å². The van der Waals surface area contributed by atoms with Crippen molar-refractivity contribution in [3.63, 3.8) is 0 Å². The number of rotatable bonds is 4. The van der Waals surface area contributed by atoms with Crippen molar-refractivity contribution in [1.82, 2.24) is 4.98 Å². The maximum atomic E-state index is 11.9. The summed E-state index contributed by atoms with van der Waals surface area (Å²) in [5.41, 5.74) is 0.868. The van der Waals surface area contributed by atoms with Gasteiger partial charge in [-0.3, -0.25) is 4.79 Å². The molecular weight excluding hydrogens is 222 g/mol. The molecule has 4 heteroatoms. The Morgan fingerprint density at radius 1 is 1.50 bits per heavy atom. The normalized spacial score (nSPS) is 17.6.